The fraction of sp³-hybridized carbons (Fsp3) is 0.357. The Kier molecular flexibility index (Phi) is 7.17. The minimum atomic E-state index is -3.78. The summed E-state index contributed by atoms with van der Waals surface area (Å²) in [5.41, 5.74) is 3.93. The van der Waals surface area contributed by atoms with Gasteiger partial charge >= 0.3 is 10.2 Å². The predicted molar refractivity (Wildman–Crippen MR) is 143 cm³/mol. The molecule has 8 nitrogen and oxygen atoms in total. The summed E-state index contributed by atoms with van der Waals surface area (Å²) in [6.45, 7) is 5.48. The predicted octanol–water partition coefficient (Wildman–Crippen LogP) is 4.49. The molecule has 2 aliphatic rings. The van der Waals surface area contributed by atoms with Gasteiger partial charge in [-0.1, -0.05) is 29.8 Å². The van der Waals surface area contributed by atoms with E-state index in [4.69, 9.17) is 4.74 Å². The second-order valence-electron chi connectivity index (χ2n) is 9.76. The molecule has 0 bridgehead atoms. The van der Waals surface area contributed by atoms with Gasteiger partial charge in [0.1, 0.15) is 11.9 Å². The monoisotopic (exact) mass is 520 g/mol. The van der Waals surface area contributed by atoms with Crippen molar-refractivity contribution >= 4 is 21.8 Å². The summed E-state index contributed by atoms with van der Waals surface area (Å²) in [5.74, 6) is 0.579. The number of nitrogens with one attached hydrogen (secondary N) is 1. The van der Waals surface area contributed by atoms with Crippen LogP contribution in [-0.2, 0) is 10.2 Å². The normalized spacial score (nSPS) is 20.2. The molecule has 3 heterocycles. The molecule has 2 fully saturated rings. The van der Waals surface area contributed by atoms with Gasteiger partial charge < -0.3 is 9.64 Å². The minimum Gasteiger partial charge on any atom is -0.488 e. The summed E-state index contributed by atoms with van der Waals surface area (Å²) in [7, 11) is -3.78. The van der Waals surface area contributed by atoms with Crippen LogP contribution in [0.25, 0.3) is 0 Å². The summed E-state index contributed by atoms with van der Waals surface area (Å²) in [6, 6.07) is 18.2. The van der Waals surface area contributed by atoms with Gasteiger partial charge in [-0.05, 0) is 62.6 Å². The van der Waals surface area contributed by atoms with Gasteiger partial charge in [0.05, 0.1) is 24.0 Å². The first kappa shape index (κ1) is 25.2. The number of ether oxygens (including phenoxy) is 1. The molecular formula is C28H32N4O4S. The Bertz CT molecular complexity index is 1380. The second-order valence-corrected chi connectivity index (χ2v) is 11.4. The van der Waals surface area contributed by atoms with E-state index in [0.717, 1.165) is 35.2 Å². The number of hydrogen-bond acceptors (Lipinski definition) is 5. The Balaban J connectivity index is 1.23. The van der Waals surface area contributed by atoms with Gasteiger partial charge in [-0.25, -0.2) is 0 Å². The molecular weight excluding hydrogens is 488 g/mol. The number of anilines is 1. The van der Waals surface area contributed by atoms with Crippen LogP contribution >= 0.6 is 0 Å². The Morgan fingerprint density at radius 2 is 1.89 bits per heavy atom. The molecule has 2 aliphatic heterocycles. The van der Waals surface area contributed by atoms with Crippen LogP contribution in [0.15, 0.2) is 66.9 Å². The summed E-state index contributed by atoms with van der Waals surface area (Å²) in [4.78, 5) is 19.3. The third-order valence-electron chi connectivity index (χ3n) is 6.98. The fourth-order valence-electron chi connectivity index (χ4n) is 5.07. The fourth-order valence-corrected chi connectivity index (χ4v) is 6.53. The molecule has 2 aromatic carbocycles. The first-order valence-electron chi connectivity index (χ1n) is 12.6. The number of nitrogens with zero attached hydrogens (tertiary/aromatic N) is 3. The summed E-state index contributed by atoms with van der Waals surface area (Å²) in [6.07, 6.45) is 3.76. The van der Waals surface area contributed by atoms with E-state index in [-0.39, 0.29) is 18.1 Å². The summed E-state index contributed by atoms with van der Waals surface area (Å²) in [5, 5.41) is 0. The highest BCUT2D eigenvalue weighted by atomic mass is 32.2. The molecule has 37 heavy (non-hydrogen) atoms. The van der Waals surface area contributed by atoms with E-state index in [1.54, 1.807) is 30.5 Å². The van der Waals surface area contributed by atoms with E-state index >= 15 is 0 Å². The molecule has 2 saturated heterocycles. The van der Waals surface area contributed by atoms with Gasteiger partial charge in [0.15, 0.2) is 0 Å². The van der Waals surface area contributed by atoms with Crippen molar-refractivity contribution in [2.75, 3.05) is 24.4 Å². The molecule has 1 unspecified atom stereocenters. The van der Waals surface area contributed by atoms with Crippen LogP contribution in [0.5, 0.6) is 5.75 Å². The first-order chi connectivity index (χ1) is 17.8. The van der Waals surface area contributed by atoms with Crippen molar-refractivity contribution in [3.8, 4) is 5.75 Å². The van der Waals surface area contributed by atoms with Crippen molar-refractivity contribution in [1.29, 1.82) is 0 Å². The number of hydrogen-bond donors (Lipinski definition) is 1. The number of rotatable bonds is 7. The molecule has 0 saturated carbocycles. The maximum absolute atomic E-state index is 13.2. The van der Waals surface area contributed by atoms with E-state index in [1.807, 2.05) is 55.1 Å². The smallest absolute Gasteiger partial charge is 0.302 e. The van der Waals surface area contributed by atoms with Gasteiger partial charge in [0, 0.05) is 37.3 Å². The highest BCUT2D eigenvalue weighted by Crippen LogP contribution is 2.34. The Labute approximate surface area is 218 Å². The molecule has 3 aromatic rings. The Hall–Kier alpha value is -3.43. The summed E-state index contributed by atoms with van der Waals surface area (Å²) < 4.78 is 36.9. The number of benzene rings is 2. The average Bonchev–Trinajstić information content (AvgIpc) is 3.56. The molecule has 2 atom stereocenters. The van der Waals surface area contributed by atoms with Gasteiger partial charge in [-0.2, -0.15) is 12.7 Å². The van der Waals surface area contributed by atoms with Gasteiger partial charge in [-0.15, -0.1) is 0 Å². The Morgan fingerprint density at radius 1 is 1.03 bits per heavy atom. The number of aryl methyl sites for hydroxylation is 2. The van der Waals surface area contributed by atoms with Crippen molar-refractivity contribution in [2.24, 2.45) is 0 Å². The van der Waals surface area contributed by atoms with Crippen LogP contribution < -0.4 is 9.46 Å². The van der Waals surface area contributed by atoms with E-state index in [0.29, 0.717) is 37.5 Å². The number of likely N-dealkylation sites (tertiary alicyclic amines) is 1. The van der Waals surface area contributed by atoms with Crippen LogP contribution in [0.3, 0.4) is 0 Å². The zero-order valence-electron chi connectivity index (χ0n) is 21.1. The third-order valence-corrected chi connectivity index (χ3v) is 8.53. The van der Waals surface area contributed by atoms with Crippen molar-refractivity contribution in [3.05, 3.63) is 89.2 Å². The molecule has 0 radical (unpaired) electrons. The van der Waals surface area contributed by atoms with E-state index in [1.165, 1.54) is 4.31 Å². The van der Waals surface area contributed by atoms with Crippen LogP contribution in [0, 0.1) is 13.8 Å². The molecule has 5 rings (SSSR count). The van der Waals surface area contributed by atoms with Crippen molar-refractivity contribution in [3.63, 3.8) is 0 Å². The van der Waals surface area contributed by atoms with E-state index in [2.05, 4.69) is 9.71 Å². The van der Waals surface area contributed by atoms with Crippen molar-refractivity contribution in [1.82, 2.24) is 14.2 Å². The molecule has 9 heteroatoms. The van der Waals surface area contributed by atoms with Crippen LogP contribution in [0.1, 0.15) is 52.5 Å². The number of aromatic nitrogens is 1. The highest BCUT2D eigenvalue weighted by molar-refractivity contribution is 7.90. The van der Waals surface area contributed by atoms with Crippen LogP contribution in [0.2, 0.25) is 0 Å². The topological polar surface area (TPSA) is 91.8 Å². The quantitative estimate of drug-likeness (QED) is 0.496. The first-order valence-corrected chi connectivity index (χ1v) is 14.1. The van der Waals surface area contributed by atoms with Gasteiger partial charge in [-0.3, -0.25) is 14.5 Å². The van der Waals surface area contributed by atoms with E-state index in [9.17, 15) is 13.2 Å². The number of carbonyl (C=O) groups is 1. The Morgan fingerprint density at radius 3 is 2.70 bits per heavy atom. The molecule has 1 N–H and O–H groups in total. The van der Waals surface area contributed by atoms with Crippen molar-refractivity contribution < 1.29 is 17.9 Å². The number of pyridine rings is 1. The molecule has 0 aliphatic carbocycles. The largest absolute Gasteiger partial charge is 0.488 e. The third kappa shape index (κ3) is 5.62. The maximum atomic E-state index is 13.2. The molecule has 194 valence electrons. The zero-order chi connectivity index (χ0) is 26.0. The zero-order valence-corrected chi connectivity index (χ0v) is 21.9. The van der Waals surface area contributed by atoms with Crippen molar-refractivity contribution in [2.45, 2.75) is 45.3 Å². The number of amides is 1. The SMILES string of the molecule is Cc1ccc(C)c(C(=O)N2CC[C@H](Oc3cccc(NS(=O)(=O)N4CCCC4c4ccccn4)c3)C2)c1. The second kappa shape index (κ2) is 10.5. The molecule has 1 amide bonds. The van der Waals surface area contributed by atoms with E-state index < -0.39 is 10.2 Å². The van der Waals surface area contributed by atoms with Crippen LogP contribution in [0.4, 0.5) is 5.69 Å². The van der Waals surface area contributed by atoms with Gasteiger partial charge in [0.25, 0.3) is 5.91 Å². The minimum absolute atomic E-state index is 0.0156. The summed E-state index contributed by atoms with van der Waals surface area (Å²) >= 11 is 0. The standard InChI is InChI=1S/C28H32N4O4S/c1-20-11-12-21(2)25(17-20)28(33)31-16-13-24(19-31)36-23-8-5-7-22(18-23)30-37(34,35)32-15-6-10-27(32)26-9-3-4-14-29-26/h3-5,7-9,11-12,14,17-18,24,27,30H,6,10,13,15-16,19H2,1-2H3/t24-,27?/m0/s1. The maximum Gasteiger partial charge on any atom is 0.302 e. The molecule has 1 aromatic heterocycles. The number of carbonyl (C=O) groups excluding carboxylic acids is 1. The molecule has 0 spiro atoms. The van der Waals surface area contributed by atoms with Gasteiger partial charge in [0.2, 0.25) is 0 Å². The lowest BCUT2D eigenvalue weighted by atomic mass is 10.0. The highest BCUT2D eigenvalue weighted by Gasteiger charge is 2.36. The van der Waals surface area contributed by atoms with Crippen LogP contribution in [-0.4, -0.2) is 54.3 Å². The lowest BCUT2D eigenvalue weighted by Gasteiger charge is -2.24. The lowest BCUT2D eigenvalue weighted by molar-refractivity contribution is 0.0771. The average molecular weight is 521 g/mol. The lowest BCUT2D eigenvalue weighted by Crippen LogP contribution is -2.35.